The standard InChI is InChI=1S/C18H24O2/c1-12(2)16(20-17(19)18(3,4)5)15-11-14(15)13-9-7-6-8-10-13/h6-10,14-15H,11H2,1-5H3/t14-,15+/m0/s1. The molecule has 0 aliphatic heterocycles. The highest BCUT2D eigenvalue weighted by Crippen LogP contribution is 2.53. The average Bonchev–Trinajstić information content (AvgIpc) is 3.15. The number of esters is 1. The molecule has 0 bridgehead atoms. The number of carbonyl (C=O) groups is 1. The van der Waals surface area contributed by atoms with Gasteiger partial charge in [0, 0.05) is 5.92 Å². The number of rotatable bonds is 3. The molecule has 0 unspecified atom stereocenters. The topological polar surface area (TPSA) is 26.3 Å². The van der Waals surface area contributed by atoms with Crippen molar-refractivity contribution in [2.75, 3.05) is 0 Å². The summed E-state index contributed by atoms with van der Waals surface area (Å²) in [7, 11) is 0. The summed E-state index contributed by atoms with van der Waals surface area (Å²) in [6, 6.07) is 10.5. The van der Waals surface area contributed by atoms with Gasteiger partial charge in [0.1, 0.15) is 5.76 Å². The van der Waals surface area contributed by atoms with Gasteiger partial charge >= 0.3 is 5.97 Å². The van der Waals surface area contributed by atoms with E-state index in [1.165, 1.54) is 5.56 Å². The molecule has 1 aliphatic carbocycles. The summed E-state index contributed by atoms with van der Waals surface area (Å²) < 4.78 is 5.69. The van der Waals surface area contributed by atoms with E-state index in [0.717, 1.165) is 17.8 Å². The lowest BCUT2D eigenvalue weighted by atomic mass is 9.97. The second-order valence-corrected chi connectivity index (χ2v) is 6.86. The Labute approximate surface area is 121 Å². The van der Waals surface area contributed by atoms with E-state index in [-0.39, 0.29) is 5.97 Å². The van der Waals surface area contributed by atoms with Crippen molar-refractivity contribution in [3.8, 4) is 0 Å². The maximum atomic E-state index is 12.1. The lowest BCUT2D eigenvalue weighted by molar-refractivity contribution is -0.149. The highest BCUT2D eigenvalue weighted by Gasteiger charge is 2.44. The first kappa shape index (κ1) is 14.8. The highest BCUT2D eigenvalue weighted by atomic mass is 16.5. The van der Waals surface area contributed by atoms with Crippen LogP contribution >= 0.6 is 0 Å². The maximum absolute atomic E-state index is 12.1. The molecule has 0 aromatic heterocycles. The zero-order chi connectivity index (χ0) is 14.9. The monoisotopic (exact) mass is 272 g/mol. The predicted molar refractivity (Wildman–Crippen MR) is 81.2 cm³/mol. The van der Waals surface area contributed by atoms with E-state index in [1.807, 2.05) is 40.7 Å². The molecule has 1 saturated carbocycles. The van der Waals surface area contributed by atoms with Gasteiger partial charge in [-0.05, 0) is 58.1 Å². The van der Waals surface area contributed by atoms with Crippen LogP contribution in [0, 0.1) is 11.3 Å². The fraction of sp³-hybridized carbons (Fsp3) is 0.500. The largest absolute Gasteiger partial charge is 0.430 e. The lowest BCUT2D eigenvalue weighted by Gasteiger charge is -2.19. The van der Waals surface area contributed by atoms with Crippen LogP contribution in [-0.2, 0) is 9.53 Å². The van der Waals surface area contributed by atoms with Crippen LogP contribution in [0.4, 0.5) is 0 Å². The predicted octanol–water partition coefficient (Wildman–Crippen LogP) is 4.67. The van der Waals surface area contributed by atoms with Crippen LogP contribution in [0.1, 0.15) is 52.5 Å². The van der Waals surface area contributed by atoms with E-state index in [2.05, 4.69) is 24.3 Å². The second kappa shape index (κ2) is 5.43. The van der Waals surface area contributed by atoms with Crippen LogP contribution in [0.2, 0.25) is 0 Å². The number of ether oxygens (including phenoxy) is 1. The molecule has 2 nitrogen and oxygen atoms in total. The Morgan fingerprint density at radius 3 is 2.25 bits per heavy atom. The molecule has 108 valence electrons. The Morgan fingerprint density at radius 1 is 1.15 bits per heavy atom. The van der Waals surface area contributed by atoms with E-state index in [1.54, 1.807) is 0 Å². The summed E-state index contributed by atoms with van der Waals surface area (Å²) in [5.74, 6) is 1.58. The van der Waals surface area contributed by atoms with Crippen molar-refractivity contribution in [2.45, 2.75) is 47.0 Å². The summed E-state index contributed by atoms with van der Waals surface area (Å²) in [6.07, 6.45) is 1.07. The Hall–Kier alpha value is -1.57. The van der Waals surface area contributed by atoms with E-state index < -0.39 is 5.41 Å². The third kappa shape index (κ3) is 3.30. The van der Waals surface area contributed by atoms with E-state index in [9.17, 15) is 4.79 Å². The normalized spacial score (nSPS) is 21.2. The van der Waals surface area contributed by atoms with E-state index in [4.69, 9.17) is 4.74 Å². The Bertz CT molecular complexity index is 516. The third-order valence-corrected chi connectivity index (χ3v) is 3.66. The van der Waals surface area contributed by atoms with Gasteiger partial charge in [0.15, 0.2) is 0 Å². The van der Waals surface area contributed by atoms with Gasteiger partial charge in [0.05, 0.1) is 5.41 Å². The molecule has 1 aliphatic rings. The zero-order valence-electron chi connectivity index (χ0n) is 13.1. The van der Waals surface area contributed by atoms with Gasteiger partial charge in [-0.1, -0.05) is 30.3 Å². The molecule has 1 aromatic carbocycles. The van der Waals surface area contributed by atoms with Crippen LogP contribution in [-0.4, -0.2) is 5.97 Å². The Kier molecular flexibility index (Phi) is 4.03. The molecular weight excluding hydrogens is 248 g/mol. The van der Waals surface area contributed by atoms with Crippen LogP contribution in [0.15, 0.2) is 41.7 Å². The SMILES string of the molecule is CC(C)=C(OC(=O)C(C)(C)C)[C@@H]1C[C@H]1c1ccccc1. The molecule has 2 rings (SSSR count). The number of allylic oxidation sites excluding steroid dienone is 2. The summed E-state index contributed by atoms with van der Waals surface area (Å²) in [6.45, 7) is 9.70. The summed E-state index contributed by atoms with van der Waals surface area (Å²) in [5.41, 5.74) is 1.98. The minimum atomic E-state index is -0.460. The van der Waals surface area contributed by atoms with Crippen LogP contribution in [0.5, 0.6) is 0 Å². The van der Waals surface area contributed by atoms with Gasteiger partial charge in [-0.15, -0.1) is 0 Å². The maximum Gasteiger partial charge on any atom is 0.316 e. The molecular formula is C18H24O2. The number of hydrogen-bond donors (Lipinski definition) is 0. The van der Waals surface area contributed by atoms with Crippen LogP contribution in [0.25, 0.3) is 0 Å². The van der Waals surface area contributed by atoms with Gasteiger partial charge in [0.25, 0.3) is 0 Å². The zero-order valence-corrected chi connectivity index (χ0v) is 13.1. The molecule has 0 radical (unpaired) electrons. The minimum Gasteiger partial charge on any atom is -0.430 e. The molecule has 0 spiro atoms. The van der Waals surface area contributed by atoms with E-state index in [0.29, 0.717) is 11.8 Å². The number of benzene rings is 1. The molecule has 0 N–H and O–H groups in total. The fourth-order valence-electron chi connectivity index (χ4n) is 2.35. The fourth-order valence-corrected chi connectivity index (χ4v) is 2.35. The first-order chi connectivity index (χ1) is 9.30. The minimum absolute atomic E-state index is 0.146. The van der Waals surface area contributed by atoms with Gasteiger partial charge in [-0.2, -0.15) is 0 Å². The second-order valence-electron chi connectivity index (χ2n) is 6.86. The van der Waals surface area contributed by atoms with E-state index >= 15 is 0 Å². The Morgan fingerprint density at radius 2 is 1.75 bits per heavy atom. The molecule has 1 fully saturated rings. The summed E-state index contributed by atoms with van der Waals surface area (Å²) in [5, 5.41) is 0. The van der Waals surface area contributed by atoms with Crippen molar-refractivity contribution in [2.24, 2.45) is 11.3 Å². The van der Waals surface area contributed by atoms with Gasteiger partial charge in [-0.25, -0.2) is 0 Å². The molecule has 0 heterocycles. The van der Waals surface area contributed by atoms with Gasteiger partial charge in [-0.3, -0.25) is 4.79 Å². The molecule has 0 amide bonds. The molecule has 20 heavy (non-hydrogen) atoms. The van der Waals surface area contributed by atoms with Crippen molar-refractivity contribution in [1.82, 2.24) is 0 Å². The first-order valence-corrected chi connectivity index (χ1v) is 7.25. The van der Waals surface area contributed by atoms with Crippen molar-refractivity contribution >= 4 is 5.97 Å². The molecule has 2 atom stereocenters. The smallest absolute Gasteiger partial charge is 0.316 e. The van der Waals surface area contributed by atoms with Gasteiger partial charge in [0.2, 0.25) is 0 Å². The summed E-state index contributed by atoms with van der Waals surface area (Å²) >= 11 is 0. The number of carbonyl (C=O) groups excluding carboxylic acids is 1. The molecule has 1 aromatic rings. The number of hydrogen-bond acceptors (Lipinski definition) is 2. The van der Waals surface area contributed by atoms with Crippen molar-refractivity contribution in [3.63, 3.8) is 0 Å². The van der Waals surface area contributed by atoms with Crippen molar-refractivity contribution < 1.29 is 9.53 Å². The highest BCUT2D eigenvalue weighted by molar-refractivity contribution is 5.76. The van der Waals surface area contributed by atoms with Gasteiger partial charge < -0.3 is 4.74 Å². The first-order valence-electron chi connectivity index (χ1n) is 7.25. The lowest BCUT2D eigenvalue weighted by Crippen LogP contribution is -2.23. The summed E-state index contributed by atoms with van der Waals surface area (Å²) in [4.78, 5) is 12.1. The van der Waals surface area contributed by atoms with Crippen LogP contribution < -0.4 is 0 Å². The van der Waals surface area contributed by atoms with Crippen molar-refractivity contribution in [3.05, 3.63) is 47.2 Å². The quantitative estimate of drug-likeness (QED) is 0.590. The molecule has 0 saturated heterocycles. The Balaban J connectivity index is 2.11. The van der Waals surface area contributed by atoms with Crippen molar-refractivity contribution in [1.29, 1.82) is 0 Å². The third-order valence-electron chi connectivity index (χ3n) is 3.66. The molecule has 2 heteroatoms. The van der Waals surface area contributed by atoms with Crippen LogP contribution in [0.3, 0.4) is 0 Å². The average molecular weight is 272 g/mol.